The highest BCUT2D eigenvalue weighted by molar-refractivity contribution is 7.99. The van der Waals surface area contributed by atoms with Crippen LogP contribution in [0.2, 0.25) is 0 Å². The van der Waals surface area contributed by atoms with E-state index in [1.165, 1.54) is 5.56 Å². The lowest BCUT2D eigenvalue weighted by Gasteiger charge is -2.34. The molecule has 0 aliphatic carbocycles. The Morgan fingerprint density at radius 1 is 1.50 bits per heavy atom. The molecule has 1 aliphatic rings. The van der Waals surface area contributed by atoms with Crippen LogP contribution in [0.4, 0.5) is 0 Å². The summed E-state index contributed by atoms with van der Waals surface area (Å²) in [5, 5.41) is 9.01. The van der Waals surface area contributed by atoms with E-state index in [2.05, 4.69) is 17.0 Å². The number of carboxylic acids is 1. The molecule has 4 nitrogen and oxygen atoms in total. The van der Waals surface area contributed by atoms with Gasteiger partial charge in [-0.3, -0.25) is 9.69 Å². The third-order valence-electron chi connectivity index (χ3n) is 3.45. The predicted molar refractivity (Wildman–Crippen MR) is 80.9 cm³/mol. The molecule has 1 N–H and O–H groups in total. The smallest absolute Gasteiger partial charge is 0.304 e. The number of methoxy groups -OCH3 is 1. The van der Waals surface area contributed by atoms with Crippen LogP contribution >= 0.6 is 11.8 Å². The summed E-state index contributed by atoms with van der Waals surface area (Å²) in [5.41, 5.74) is 2.38. The SMILES string of the molecule is COCc1cccc(CN2CCSCC2CC(=O)O)c1. The highest BCUT2D eigenvalue weighted by atomic mass is 32.2. The zero-order valence-electron chi connectivity index (χ0n) is 11.7. The van der Waals surface area contributed by atoms with Gasteiger partial charge in [-0.25, -0.2) is 0 Å². The Morgan fingerprint density at radius 3 is 3.05 bits per heavy atom. The summed E-state index contributed by atoms with van der Waals surface area (Å²) in [4.78, 5) is 13.2. The molecule has 0 aromatic heterocycles. The van der Waals surface area contributed by atoms with Crippen molar-refractivity contribution in [2.24, 2.45) is 0 Å². The first-order valence-electron chi connectivity index (χ1n) is 6.79. The monoisotopic (exact) mass is 295 g/mol. The van der Waals surface area contributed by atoms with E-state index >= 15 is 0 Å². The second-order valence-corrected chi connectivity index (χ2v) is 6.20. The van der Waals surface area contributed by atoms with Gasteiger partial charge in [-0.05, 0) is 11.1 Å². The van der Waals surface area contributed by atoms with E-state index in [9.17, 15) is 4.79 Å². The number of ether oxygens (including phenoxy) is 1. The minimum absolute atomic E-state index is 0.136. The van der Waals surface area contributed by atoms with Crippen molar-refractivity contribution in [3.8, 4) is 0 Å². The molecule has 0 amide bonds. The molecule has 1 aromatic rings. The number of benzene rings is 1. The number of nitrogens with zero attached hydrogens (tertiary/aromatic N) is 1. The van der Waals surface area contributed by atoms with Gasteiger partial charge in [-0.15, -0.1) is 0 Å². The van der Waals surface area contributed by atoms with Crippen LogP contribution in [0.5, 0.6) is 0 Å². The van der Waals surface area contributed by atoms with Gasteiger partial charge >= 0.3 is 5.97 Å². The maximum atomic E-state index is 11.0. The van der Waals surface area contributed by atoms with Gasteiger partial charge in [0.05, 0.1) is 13.0 Å². The van der Waals surface area contributed by atoms with Crippen LogP contribution in [0.15, 0.2) is 24.3 Å². The van der Waals surface area contributed by atoms with E-state index in [1.54, 1.807) is 7.11 Å². The third-order valence-corrected chi connectivity index (χ3v) is 4.54. The van der Waals surface area contributed by atoms with Gasteiger partial charge in [0.1, 0.15) is 0 Å². The Kier molecular flexibility index (Phi) is 5.88. The Morgan fingerprint density at radius 2 is 2.30 bits per heavy atom. The molecule has 5 heteroatoms. The largest absolute Gasteiger partial charge is 0.481 e. The van der Waals surface area contributed by atoms with Crippen LogP contribution in [0.1, 0.15) is 17.5 Å². The van der Waals surface area contributed by atoms with E-state index in [1.807, 2.05) is 23.9 Å². The van der Waals surface area contributed by atoms with E-state index in [0.717, 1.165) is 30.2 Å². The molecule has 1 unspecified atom stereocenters. The summed E-state index contributed by atoms with van der Waals surface area (Å²) in [5.74, 6) is 1.27. The lowest BCUT2D eigenvalue weighted by atomic mass is 10.1. The topological polar surface area (TPSA) is 49.8 Å². The van der Waals surface area contributed by atoms with E-state index in [4.69, 9.17) is 9.84 Å². The molecule has 0 bridgehead atoms. The fourth-order valence-corrected chi connectivity index (χ4v) is 3.64. The van der Waals surface area contributed by atoms with Crippen LogP contribution < -0.4 is 0 Å². The number of hydrogen-bond donors (Lipinski definition) is 1. The molecule has 1 atom stereocenters. The summed E-state index contributed by atoms with van der Waals surface area (Å²) in [6, 6.07) is 8.46. The van der Waals surface area contributed by atoms with Gasteiger partial charge in [-0.2, -0.15) is 11.8 Å². The number of hydrogen-bond acceptors (Lipinski definition) is 4. The normalized spacial score (nSPS) is 19.9. The van der Waals surface area contributed by atoms with Gasteiger partial charge in [0, 0.05) is 37.7 Å². The van der Waals surface area contributed by atoms with Crippen molar-refractivity contribution >= 4 is 17.7 Å². The van der Waals surface area contributed by atoms with Gasteiger partial charge in [0.15, 0.2) is 0 Å². The number of thioether (sulfide) groups is 1. The van der Waals surface area contributed by atoms with Crippen LogP contribution in [-0.2, 0) is 22.7 Å². The van der Waals surface area contributed by atoms with Crippen LogP contribution in [-0.4, -0.2) is 47.2 Å². The average molecular weight is 295 g/mol. The number of aliphatic carboxylic acids is 1. The second kappa shape index (κ2) is 7.67. The highest BCUT2D eigenvalue weighted by Crippen LogP contribution is 2.21. The molecule has 1 fully saturated rings. The molecule has 0 radical (unpaired) electrons. The van der Waals surface area contributed by atoms with Crippen molar-refractivity contribution in [2.75, 3.05) is 25.2 Å². The van der Waals surface area contributed by atoms with Gasteiger partial charge in [-0.1, -0.05) is 24.3 Å². The van der Waals surface area contributed by atoms with E-state index < -0.39 is 5.97 Å². The summed E-state index contributed by atoms with van der Waals surface area (Å²) in [6.45, 7) is 2.38. The van der Waals surface area contributed by atoms with Gasteiger partial charge < -0.3 is 9.84 Å². The number of carbonyl (C=O) groups is 1. The van der Waals surface area contributed by atoms with Crippen molar-refractivity contribution in [1.82, 2.24) is 4.90 Å². The molecule has 0 spiro atoms. The quantitative estimate of drug-likeness (QED) is 0.872. The highest BCUT2D eigenvalue weighted by Gasteiger charge is 2.24. The molecule has 0 saturated carbocycles. The Labute approximate surface area is 124 Å². The third kappa shape index (κ3) is 4.51. The minimum Gasteiger partial charge on any atom is -0.481 e. The Hall–Kier alpha value is -1.04. The number of carboxylic acid groups (broad SMARTS) is 1. The summed E-state index contributed by atoms with van der Waals surface area (Å²) < 4.78 is 5.15. The first-order chi connectivity index (χ1) is 9.69. The lowest BCUT2D eigenvalue weighted by Crippen LogP contribution is -2.42. The van der Waals surface area contributed by atoms with Gasteiger partial charge in [0.2, 0.25) is 0 Å². The lowest BCUT2D eigenvalue weighted by molar-refractivity contribution is -0.138. The van der Waals surface area contributed by atoms with Crippen LogP contribution in [0, 0.1) is 0 Å². The minimum atomic E-state index is -0.712. The fourth-order valence-electron chi connectivity index (χ4n) is 2.51. The maximum absolute atomic E-state index is 11.0. The molecule has 1 aliphatic heterocycles. The molecular formula is C15H21NO3S. The zero-order chi connectivity index (χ0) is 14.4. The Bertz CT molecular complexity index is 452. The Balaban J connectivity index is 2.02. The average Bonchev–Trinajstić information content (AvgIpc) is 2.41. The molecule has 1 heterocycles. The first-order valence-corrected chi connectivity index (χ1v) is 7.95. The predicted octanol–water partition coefficient (Wildman–Crippen LogP) is 2.23. The standard InChI is InChI=1S/C15H21NO3S/c1-19-10-13-4-2-3-12(7-13)9-16-5-6-20-11-14(16)8-15(17)18/h2-4,7,14H,5-6,8-11H2,1H3,(H,17,18). The van der Waals surface area contributed by atoms with Crippen molar-refractivity contribution < 1.29 is 14.6 Å². The molecule has 1 aromatic carbocycles. The molecule has 1 saturated heterocycles. The second-order valence-electron chi connectivity index (χ2n) is 5.05. The van der Waals surface area contributed by atoms with E-state index in [-0.39, 0.29) is 12.5 Å². The first kappa shape index (κ1) is 15.4. The van der Waals surface area contributed by atoms with Crippen molar-refractivity contribution in [2.45, 2.75) is 25.6 Å². The zero-order valence-corrected chi connectivity index (χ0v) is 12.6. The summed E-state index contributed by atoms with van der Waals surface area (Å²) in [6.07, 6.45) is 0.227. The molecule has 20 heavy (non-hydrogen) atoms. The molecule has 110 valence electrons. The van der Waals surface area contributed by atoms with Crippen molar-refractivity contribution in [1.29, 1.82) is 0 Å². The van der Waals surface area contributed by atoms with E-state index in [0.29, 0.717) is 6.61 Å². The molecule has 2 rings (SSSR count). The van der Waals surface area contributed by atoms with Crippen LogP contribution in [0.3, 0.4) is 0 Å². The summed E-state index contributed by atoms with van der Waals surface area (Å²) >= 11 is 1.85. The van der Waals surface area contributed by atoms with Crippen molar-refractivity contribution in [3.05, 3.63) is 35.4 Å². The maximum Gasteiger partial charge on any atom is 0.304 e. The van der Waals surface area contributed by atoms with Crippen molar-refractivity contribution in [3.63, 3.8) is 0 Å². The summed E-state index contributed by atoms with van der Waals surface area (Å²) in [7, 11) is 1.69. The number of rotatable bonds is 6. The molecular weight excluding hydrogens is 274 g/mol. The van der Waals surface area contributed by atoms with Gasteiger partial charge in [0.25, 0.3) is 0 Å². The van der Waals surface area contributed by atoms with Crippen LogP contribution in [0.25, 0.3) is 0 Å². The fraction of sp³-hybridized carbons (Fsp3) is 0.533.